The van der Waals surface area contributed by atoms with Gasteiger partial charge in [-0.15, -0.1) is 0 Å². The summed E-state index contributed by atoms with van der Waals surface area (Å²) < 4.78 is 24.2. The quantitative estimate of drug-likeness (QED) is 0.827. The van der Waals surface area contributed by atoms with Gasteiger partial charge in [-0.25, -0.2) is 4.39 Å². The number of rotatable bonds is 6. The maximum absolute atomic E-state index is 12.9. The fraction of sp³-hybridized carbons (Fsp3) is 0.409. The SMILES string of the molecule is Cc1ccc(OCC2(O)CCCN(C(=O)COc3ccc(F)cc3)C2)cc1C. The number of aryl methyl sites for hydroxylation is 2. The number of halogens is 1. The monoisotopic (exact) mass is 387 g/mol. The van der Waals surface area contributed by atoms with Crippen LogP contribution >= 0.6 is 0 Å². The number of piperidine rings is 1. The molecule has 0 bridgehead atoms. The van der Waals surface area contributed by atoms with E-state index in [4.69, 9.17) is 9.47 Å². The summed E-state index contributed by atoms with van der Waals surface area (Å²) in [5.74, 6) is 0.567. The topological polar surface area (TPSA) is 59.0 Å². The predicted molar refractivity (Wildman–Crippen MR) is 104 cm³/mol. The molecule has 0 spiro atoms. The first-order valence-corrected chi connectivity index (χ1v) is 9.43. The average molecular weight is 387 g/mol. The third-order valence-electron chi connectivity index (χ3n) is 5.07. The van der Waals surface area contributed by atoms with Crippen LogP contribution in [0.15, 0.2) is 42.5 Å². The molecule has 0 aliphatic carbocycles. The third-order valence-corrected chi connectivity index (χ3v) is 5.07. The fourth-order valence-corrected chi connectivity index (χ4v) is 3.23. The van der Waals surface area contributed by atoms with Crippen molar-refractivity contribution in [2.24, 2.45) is 0 Å². The molecular weight excluding hydrogens is 361 g/mol. The van der Waals surface area contributed by atoms with Crippen LogP contribution in [0.3, 0.4) is 0 Å². The lowest BCUT2D eigenvalue weighted by Crippen LogP contribution is -2.54. The minimum atomic E-state index is -1.09. The van der Waals surface area contributed by atoms with Crippen molar-refractivity contribution in [3.63, 3.8) is 0 Å². The molecule has 150 valence electrons. The lowest BCUT2D eigenvalue weighted by atomic mass is 9.93. The number of benzene rings is 2. The molecule has 1 aliphatic heterocycles. The van der Waals surface area contributed by atoms with Gasteiger partial charge in [0.2, 0.25) is 0 Å². The maximum Gasteiger partial charge on any atom is 0.260 e. The Balaban J connectivity index is 1.53. The van der Waals surface area contributed by atoms with Crippen LogP contribution in [-0.2, 0) is 4.79 Å². The molecule has 3 rings (SSSR count). The van der Waals surface area contributed by atoms with E-state index in [1.807, 2.05) is 32.0 Å². The molecule has 28 heavy (non-hydrogen) atoms. The van der Waals surface area contributed by atoms with E-state index < -0.39 is 5.60 Å². The molecular formula is C22H26FNO4. The first-order chi connectivity index (χ1) is 13.3. The molecule has 0 saturated carbocycles. The van der Waals surface area contributed by atoms with Crippen LogP contribution in [0.2, 0.25) is 0 Å². The van der Waals surface area contributed by atoms with Gasteiger partial charge in [0.05, 0.1) is 6.54 Å². The van der Waals surface area contributed by atoms with Gasteiger partial charge in [0.25, 0.3) is 5.91 Å². The van der Waals surface area contributed by atoms with Gasteiger partial charge in [0.1, 0.15) is 29.5 Å². The van der Waals surface area contributed by atoms with Gasteiger partial charge in [-0.1, -0.05) is 6.07 Å². The van der Waals surface area contributed by atoms with Gasteiger partial charge < -0.3 is 19.5 Å². The van der Waals surface area contributed by atoms with Gasteiger partial charge in [-0.2, -0.15) is 0 Å². The molecule has 1 N–H and O–H groups in total. The standard InChI is InChI=1S/C22H26FNO4/c1-16-4-7-20(12-17(16)2)28-15-22(26)10-3-11-24(14-22)21(25)13-27-19-8-5-18(23)6-9-19/h4-9,12,26H,3,10-11,13-15H2,1-2H3. The Kier molecular flexibility index (Phi) is 6.19. The van der Waals surface area contributed by atoms with Crippen LogP contribution in [0.25, 0.3) is 0 Å². The molecule has 0 radical (unpaired) electrons. The summed E-state index contributed by atoms with van der Waals surface area (Å²) in [7, 11) is 0. The number of carbonyl (C=O) groups excluding carboxylic acids is 1. The Morgan fingerprint density at radius 3 is 2.54 bits per heavy atom. The molecule has 0 aromatic heterocycles. The summed E-state index contributed by atoms with van der Waals surface area (Å²) in [6, 6.07) is 11.3. The second-order valence-corrected chi connectivity index (χ2v) is 7.42. The Hall–Kier alpha value is -2.60. The van der Waals surface area contributed by atoms with Gasteiger partial charge in [-0.05, 0) is 74.2 Å². The van der Waals surface area contributed by atoms with Crippen LogP contribution in [0.5, 0.6) is 11.5 Å². The molecule has 1 amide bonds. The molecule has 1 aliphatic rings. The molecule has 6 heteroatoms. The number of nitrogens with zero attached hydrogens (tertiary/aromatic N) is 1. The van der Waals surface area contributed by atoms with Gasteiger partial charge in [0, 0.05) is 6.54 Å². The highest BCUT2D eigenvalue weighted by Crippen LogP contribution is 2.24. The largest absolute Gasteiger partial charge is 0.491 e. The van der Waals surface area contributed by atoms with E-state index >= 15 is 0 Å². The van der Waals surface area contributed by atoms with Crippen molar-refractivity contribution < 1.29 is 23.8 Å². The van der Waals surface area contributed by atoms with E-state index in [2.05, 4.69) is 0 Å². The summed E-state index contributed by atoms with van der Waals surface area (Å²) in [5.41, 5.74) is 1.22. The Morgan fingerprint density at radius 2 is 1.82 bits per heavy atom. The van der Waals surface area contributed by atoms with E-state index in [1.54, 1.807) is 4.90 Å². The van der Waals surface area contributed by atoms with E-state index in [0.717, 1.165) is 5.56 Å². The molecule has 1 unspecified atom stereocenters. The fourth-order valence-electron chi connectivity index (χ4n) is 3.23. The smallest absolute Gasteiger partial charge is 0.260 e. The Morgan fingerprint density at radius 1 is 1.11 bits per heavy atom. The summed E-state index contributed by atoms with van der Waals surface area (Å²) in [6.45, 7) is 4.78. The van der Waals surface area contributed by atoms with Crippen LogP contribution in [0, 0.1) is 19.7 Å². The highest BCUT2D eigenvalue weighted by molar-refractivity contribution is 5.78. The maximum atomic E-state index is 12.9. The number of amides is 1. The number of likely N-dealkylation sites (tertiary alicyclic amines) is 1. The molecule has 5 nitrogen and oxygen atoms in total. The number of carbonyl (C=O) groups is 1. The highest BCUT2D eigenvalue weighted by atomic mass is 19.1. The van der Waals surface area contributed by atoms with Gasteiger partial charge in [-0.3, -0.25) is 4.79 Å². The van der Waals surface area contributed by atoms with Crippen LogP contribution in [0.4, 0.5) is 4.39 Å². The van der Waals surface area contributed by atoms with Crippen LogP contribution < -0.4 is 9.47 Å². The average Bonchev–Trinajstić information content (AvgIpc) is 2.68. The lowest BCUT2D eigenvalue weighted by molar-refractivity contribution is -0.142. The number of β-amino-alcohol motifs (C(OH)–C–C–N with tert-alkyl or cyclic N) is 1. The Labute approximate surface area is 164 Å². The van der Waals surface area contributed by atoms with E-state index in [0.29, 0.717) is 30.9 Å². The van der Waals surface area contributed by atoms with E-state index in [1.165, 1.54) is 29.8 Å². The summed E-state index contributed by atoms with van der Waals surface area (Å²) in [4.78, 5) is 14.1. The third kappa shape index (κ3) is 5.23. The normalized spacial score (nSPS) is 19.4. The zero-order valence-electron chi connectivity index (χ0n) is 16.3. The van der Waals surface area contributed by atoms with Crippen molar-refractivity contribution >= 4 is 5.91 Å². The van der Waals surface area contributed by atoms with Crippen molar-refractivity contribution in [1.29, 1.82) is 0 Å². The molecule has 1 heterocycles. The van der Waals surface area contributed by atoms with Crippen molar-refractivity contribution in [3.8, 4) is 11.5 Å². The summed E-state index contributed by atoms with van der Waals surface area (Å²) in [5, 5.41) is 10.9. The second-order valence-electron chi connectivity index (χ2n) is 7.42. The first-order valence-electron chi connectivity index (χ1n) is 9.43. The lowest BCUT2D eigenvalue weighted by Gasteiger charge is -2.38. The zero-order chi connectivity index (χ0) is 20.1. The predicted octanol–water partition coefficient (Wildman–Crippen LogP) is 3.25. The van der Waals surface area contributed by atoms with Crippen molar-refractivity contribution in [3.05, 3.63) is 59.4 Å². The van der Waals surface area contributed by atoms with E-state index in [9.17, 15) is 14.3 Å². The van der Waals surface area contributed by atoms with E-state index in [-0.39, 0.29) is 31.5 Å². The van der Waals surface area contributed by atoms with Gasteiger partial charge in [0.15, 0.2) is 6.61 Å². The first kappa shape index (κ1) is 20.1. The second kappa shape index (κ2) is 8.61. The van der Waals surface area contributed by atoms with Crippen molar-refractivity contribution in [2.75, 3.05) is 26.3 Å². The Bertz CT molecular complexity index is 824. The highest BCUT2D eigenvalue weighted by Gasteiger charge is 2.36. The minimum Gasteiger partial charge on any atom is -0.491 e. The molecule has 1 atom stereocenters. The molecule has 1 saturated heterocycles. The number of hydrogen-bond donors (Lipinski definition) is 1. The number of ether oxygens (including phenoxy) is 2. The number of aliphatic hydroxyl groups is 1. The van der Waals surface area contributed by atoms with Gasteiger partial charge >= 0.3 is 0 Å². The summed E-state index contributed by atoms with van der Waals surface area (Å²) >= 11 is 0. The van der Waals surface area contributed by atoms with Crippen molar-refractivity contribution in [1.82, 2.24) is 4.90 Å². The minimum absolute atomic E-state index is 0.123. The van der Waals surface area contributed by atoms with Crippen LogP contribution in [0.1, 0.15) is 24.0 Å². The number of hydrogen-bond acceptors (Lipinski definition) is 4. The molecule has 1 fully saturated rings. The van der Waals surface area contributed by atoms with Crippen LogP contribution in [-0.4, -0.2) is 47.8 Å². The van der Waals surface area contributed by atoms with Crippen molar-refractivity contribution in [2.45, 2.75) is 32.3 Å². The zero-order valence-corrected chi connectivity index (χ0v) is 16.3. The summed E-state index contributed by atoms with van der Waals surface area (Å²) in [6.07, 6.45) is 1.26. The molecule has 2 aromatic carbocycles. The molecule has 2 aromatic rings.